The van der Waals surface area contributed by atoms with E-state index < -0.39 is 17.8 Å². The minimum atomic E-state index is -0.744. The molecule has 1 aromatic carbocycles. The Kier molecular flexibility index (Phi) is 5.31. The molecule has 1 amide bonds. The molecule has 30 heavy (non-hydrogen) atoms. The fourth-order valence-electron chi connectivity index (χ4n) is 3.08. The number of hydrogen-bond donors (Lipinski definition) is 2. The summed E-state index contributed by atoms with van der Waals surface area (Å²) in [6.45, 7) is 1.66. The van der Waals surface area contributed by atoms with E-state index in [0.717, 1.165) is 5.56 Å². The van der Waals surface area contributed by atoms with Crippen LogP contribution in [0.25, 0.3) is 22.1 Å². The van der Waals surface area contributed by atoms with Crippen LogP contribution in [-0.2, 0) is 0 Å². The molecule has 10 heteroatoms. The van der Waals surface area contributed by atoms with Crippen molar-refractivity contribution in [1.82, 2.24) is 4.98 Å². The molecule has 0 bridgehead atoms. The van der Waals surface area contributed by atoms with Gasteiger partial charge in [0.05, 0.1) is 21.5 Å². The molecule has 4 aromatic rings. The quantitative estimate of drug-likeness (QED) is 0.361. The molecule has 4 rings (SSSR count). The highest BCUT2D eigenvalue weighted by Crippen LogP contribution is 2.42. The Morgan fingerprint density at radius 3 is 2.83 bits per heavy atom. The molecule has 1 unspecified atom stereocenters. The Labute approximate surface area is 184 Å². The van der Waals surface area contributed by atoms with Crippen LogP contribution in [-0.4, -0.2) is 10.9 Å². The van der Waals surface area contributed by atoms with Crippen LogP contribution in [0.15, 0.2) is 40.5 Å². The van der Waals surface area contributed by atoms with Crippen LogP contribution in [0.3, 0.4) is 0 Å². The number of nitrogens with two attached hydrogens (primary N) is 2. The van der Waals surface area contributed by atoms with E-state index >= 15 is 0 Å². The number of nitrogens with zero attached hydrogens (tertiary/aromatic N) is 1. The maximum atomic E-state index is 13.9. The predicted octanol–water partition coefficient (Wildman–Crippen LogP) is 5.82. The van der Waals surface area contributed by atoms with Gasteiger partial charge in [0.15, 0.2) is 11.4 Å². The number of anilines is 1. The zero-order valence-electron chi connectivity index (χ0n) is 15.4. The maximum absolute atomic E-state index is 13.9. The Morgan fingerprint density at radius 2 is 2.13 bits per heavy atom. The maximum Gasteiger partial charge on any atom is 0.258 e. The van der Waals surface area contributed by atoms with E-state index in [0.29, 0.717) is 21.4 Å². The van der Waals surface area contributed by atoms with Gasteiger partial charge in [-0.1, -0.05) is 23.2 Å². The van der Waals surface area contributed by atoms with Gasteiger partial charge < -0.3 is 20.6 Å². The molecule has 6 nitrogen and oxygen atoms in total. The van der Waals surface area contributed by atoms with Crippen molar-refractivity contribution < 1.29 is 18.3 Å². The summed E-state index contributed by atoms with van der Waals surface area (Å²) in [5, 5.41) is 2.53. The van der Waals surface area contributed by atoms with Crippen LogP contribution < -0.4 is 16.2 Å². The normalized spacial score (nSPS) is 12.3. The number of thiophene rings is 1. The number of amides is 1. The second-order valence-corrected chi connectivity index (χ2v) is 8.14. The summed E-state index contributed by atoms with van der Waals surface area (Å²) >= 11 is 13.5. The summed E-state index contributed by atoms with van der Waals surface area (Å²) in [5.41, 5.74) is 13.4. The first-order valence-electron chi connectivity index (χ1n) is 8.62. The second kappa shape index (κ2) is 7.79. The predicted molar refractivity (Wildman–Crippen MR) is 116 cm³/mol. The fraction of sp³-hybridized carbons (Fsp3) is 0.100. The first-order valence-corrected chi connectivity index (χ1v) is 10.3. The van der Waals surface area contributed by atoms with E-state index in [1.165, 1.54) is 29.7 Å². The largest absolute Gasteiger partial charge is 0.478 e. The van der Waals surface area contributed by atoms with Gasteiger partial charge in [-0.15, -0.1) is 11.3 Å². The van der Waals surface area contributed by atoms with Crippen molar-refractivity contribution >= 4 is 57.2 Å². The van der Waals surface area contributed by atoms with E-state index in [4.69, 9.17) is 43.8 Å². The number of ether oxygens (including phenoxy) is 1. The number of fused-ring (bicyclic) bond motifs is 1. The highest BCUT2D eigenvalue weighted by molar-refractivity contribution is 7.12. The van der Waals surface area contributed by atoms with Gasteiger partial charge in [0.1, 0.15) is 11.9 Å². The summed E-state index contributed by atoms with van der Waals surface area (Å²) < 4.78 is 25.6. The number of nitrogen functional groups attached to an aromatic ring is 1. The minimum absolute atomic E-state index is 0.0852. The van der Waals surface area contributed by atoms with Crippen LogP contribution >= 0.6 is 34.5 Å². The Morgan fingerprint density at radius 1 is 1.37 bits per heavy atom. The molecule has 0 aliphatic rings. The van der Waals surface area contributed by atoms with Gasteiger partial charge >= 0.3 is 0 Å². The Balaban J connectivity index is 1.77. The summed E-state index contributed by atoms with van der Waals surface area (Å²) in [4.78, 5) is 16.0. The number of aromatic nitrogens is 1. The van der Waals surface area contributed by atoms with E-state index in [2.05, 4.69) is 4.98 Å². The molecule has 0 aliphatic carbocycles. The molecule has 3 heterocycles. The van der Waals surface area contributed by atoms with Gasteiger partial charge in [-0.25, -0.2) is 9.37 Å². The Bertz CT molecular complexity index is 1290. The fourth-order valence-corrected chi connectivity index (χ4v) is 4.51. The van der Waals surface area contributed by atoms with Crippen molar-refractivity contribution in [3.8, 4) is 16.9 Å². The lowest BCUT2D eigenvalue weighted by atomic mass is 10.1. The molecule has 0 radical (unpaired) electrons. The third-order valence-corrected chi connectivity index (χ3v) is 6.19. The molecule has 0 saturated carbocycles. The number of furan rings is 1. The van der Waals surface area contributed by atoms with Crippen molar-refractivity contribution in [2.75, 3.05) is 5.73 Å². The van der Waals surface area contributed by atoms with Crippen LogP contribution in [0.2, 0.25) is 10.0 Å². The molecule has 3 aromatic heterocycles. The van der Waals surface area contributed by atoms with Crippen molar-refractivity contribution in [3.05, 3.63) is 62.3 Å². The Hall–Kier alpha value is -2.81. The SMILES string of the molecule is CC(Oc1c(N)ncc2c(-c3csc(C(N)=O)c3)coc12)c1c(Cl)ccc(F)c1Cl. The summed E-state index contributed by atoms with van der Waals surface area (Å²) in [7, 11) is 0. The average molecular weight is 466 g/mol. The van der Waals surface area contributed by atoms with Gasteiger partial charge in [0.25, 0.3) is 5.91 Å². The number of primary amides is 1. The average Bonchev–Trinajstić information content (AvgIpc) is 3.34. The molecule has 154 valence electrons. The molecule has 1 atom stereocenters. The molecule has 0 aliphatic heterocycles. The minimum Gasteiger partial charge on any atom is -0.478 e. The van der Waals surface area contributed by atoms with Crippen LogP contribution in [0.1, 0.15) is 28.3 Å². The van der Waals surface area contributed by atoms with Gasteiger partial charge in [-0.3, -0.25) is 4.79 Å². The zero-order valence-corrected chi connectivity index (χ0v) is 17.7. The van der Waals surface area contributed by atoms with Crippen LogP contribution in [0, 0.1) is 5.82 Å². The number of rotatable bonds is 5. The number of halogens is 3. The van der Waals surface area contributed by atoms with E-state index in [9.17, 15) is 9.18 Å². The highest BCUT2D eigenvalue weighted by atomic mass is 35.5. The molecular formula is C20H14Cl2FN3O3S. The molecule has 0 fully saturated rings. The van der Waals surface area contributed by atoms with E-state index in [-0.39, 0.29) is 27.2 Å². The van der Waals surface area contributed by atoms with Crippen molar-refractivity contribution in [3.63, 3.8) is 0 Å². The van der Waals surface area contributed by atoms with Crippen molar-refractivity contribution in [1.29, 1.82) is 0 Å². The number of pyridine rings is 1. The summed E-state index contributed by atoms with van der Waals surface area (Å²) in [6.07, 6.45) is 2.31. The van der Waals surface area contributed by atoms with E-state index in [1.807, 2.05) is 0 Å². The number of carbonyl (C=O) groups is 1. The molecule has 4 N–H and O–H groups in total. The van der Waals surface area contributed by atoms with Crippen molar-refractivity contribution in [2.45, 2.75) is 13.0 Å². The first-order chi connectivity index (χ1) is 14.3. The van der Waals surface area contributed by atoms with E-state index in [1.54, 1.807) is 24.6 Å². The lowest BCUT2D eigenvalue weighted by molar-refractivity contribution is 0.100. The molecule has 0 spiro atoms. The number of hydrogen-bond acceptors (Lipinski definition) is 6. The third-order valence-electron chi connectivity index (χ3n) is 4.53. The summed E-state index contributed by atoms with van der Waals surface area (Å²) in [6, 6.07) is 4.25. The van der Waals surface area contributed by atoms with Crippen molar-refractivity contribution in [2.24, 2.45) is 5.73 Å². The van der Waals surface area contributed by atoms with Crippen LogP contribution in [0.4, 0.5) is 10.2 Å². The molecular weight excluding hydrogens is 452 g/mol. The van der Waals surface area contributed by atoms with Crippen LogP contribution in [0.5, 0.6) is 5.75 Å². The zero-order chi connectivity index (χ0) is 21.6. The highest BCUT2D eigenvalue weighted by Gasteiger charge is 2.23. The summed E-state index contributed by atoms with van der Waals surface area (Å²) in [5.74, 6) is -0.864. The first kappa shape index (κ1) is 20.5. The molecule has 0 saturated heterocycles. The standard InChI is InChI=1S/C20H14Cl2FN3O3S/c1-8(15-12(21)2-3-13(23)16(15)22)29-18-17-10(5-26-19(18)24)11(6-28-17)9-4-14(20(25)27)30-7-9/h2-8H,1H3,(H2,24,26)(H2,25,27). The second-order valence-electron chi connectivity index (χ2n) is 6.45. The lowest BCUT2D eigenvalue weighted by Crippen LogP contribution is -2.08. The smallest absolute Gasteiger partial charge is 0.258 e. The monoisotopic (exact) mass is 465 g/mol. The number of benzene rings is 1. The van der Waals surface area contributed by atoms with Gasteiger partial charge in [-0.2, -0.15) is 0 Å². The van der Waals surface area contributed by atoms with Gasteiger partial charge in [0.2, 0.25) is 5.75 Å². The van der Waals surface area contributed by atoms with Gasteiger partial charge in [0, 0.05) is 22.3 Å². The third kappa shape index (κ3) is 3.47. The topological polar surface area (TPSA) is 104 Å². The number of carbonyl (C=O) groups excluding carboxylic acids is 1. The lowest BCUT2D eigenvalue weighted by Gasteiger charge is -2.18. The van der Waals surface area contributed by atoms with Gasteiger partial charge in [-0.05, 0) is 36.1 Å².